The van der Waals surface area contributed by atoms with Crippen molar-refractivity contribution in [2.45, 2.75) is 13.8 Å². The highest BCUT2D eigenvalue weighted by molar-refractivity contribution is 6.00. The Hall–Kier alpha value is -3.02. The average molecular weight is 299 g/mol. The normalized spacial score (nSPS) is 9.91. The number of hydrogen-bond donors (Lipinski definition) is 4. The van der Waals surface area contributed by atoms with Crippen LogP contribution in [0, 0.1) is 6.92 Å². The van der Waals surface area contributed by atoms with Crippen molar-refractivity contribution in [3.8, 4) is 5.75 Å². The van der Waals surface area contributed by atoms with Crippen molar-refractivity contribution in [2.24, 2.45) is 0 Å². The first-order chi connectivity index (χ1) is 10.4. The van der Waals surface area contributed by atoms with Gasteiger partial charge in [-0.05, 0) is 48.9 Å². The van der Waals surface area contributed by atoms with Crippen LogP contribution in [0.1, 0.15) is 12.5 Å². The molecule has 114 valence electrons. The van der Waals surface area contributed by atoms with Gasteiger partial charge >= 0.3 is 6.03 Å². The van der Waals surface area contributed by atoms with Gasteiger partial charge in [0.2, 0.25) is 5.91 Å². The van der Waals surface area contributed by atoms with Crippen LogP contribution in [-0.4, -0.2) is 17.0 Å². The minimum absolute atomic E-state index is 0.145. The van der Waals surface area contributed by atoms with Gasteiger partial charge in [0.25, 0.3) is 0 Å². The van der Waals surface area contributed by atoms with E-state index in [9.17, 15) is 14.7 Å². The maximum Gasteiger partial charge on any atom is 0.323 e. The van der Waals surface area contributed by atoms with E-state index in [1.165, 1.54) is 13.0 Å². The molecule has 3 amide bonds. The molecule has 0 unspecified atom stereocenters. The summed E-state index contributed by atoms with van der Waals surface area (Å²) in [6, 6.07) is 11.1. The second kappa shape index (κ2) is 6.62. The van der Waals surface area contributed by atoms with Gasteiger partial charge in [-0.15, -0.1) is 0 Å². The van der Waals surface area contributed by atoms with E-state index in [1.54, 1.807) is 43.3 Å². The summed E-state index contributed by atoms with van der Waals surface area (Å²) in [5.41, 5.74) is 2.52. The number of aromatic hydroxyl groups is 1. The van der Waals surface area contributed by atoms with Gasteiger partial charge in [0.05, 0.1) is 0 Å². The summed E-state index contributed by atoms with van der Waals surface area (Å²) in [5.74, 6) is -0.0345. The molecule has 0 saturated heterocycles. The van der Waals surface area contributed by atoms with Gasteiger partial charge in [-0.3, -0.25) is 4.79 Å². The molecule has 0 radical (unpaired) electrons. The van der Waals surface area contributed by atoms with Gasteiger partial charge in [-0.2, -0.15) is 0 Å². The number of aryl methyl sites for hydroxylation is 1. The predicted molar refractivity (Wildman–Crippen MR) is 86.2 cm³/mol. The summed E-state index contributed by atoms with van der Waals surface area (Å²) in [7, 11) is 0. The third-order valence-corrected chi connectivity index (χ3v) is 2.90. The number of carbonyl (C=O) groups is 2. The largest absolute Gasteiger partial charge is 0.508 e. The Morgan fingerprint density at radius 2 is 1.64 bits per heavy atom. The second-order valence-corrected chi connectivity index (χ2v) is 4.84. The monoisotopic (exact) mass is 299 g/mol. The van der Waals surface area contributed by atoms with Crippen LogP contribution in [0.3, 0.4) is 0 Å². The fourth-order valence-corrected chi connectivity index (χ4v) is 1.95. The van der Waals surface area contributed by atoms with Gasteiger partial charge in [-0.1, -0.05) is 6.07 Å². The fourth-order valence-electron chi connectivity index (χ4n) is 1.95. The van der Waals surface area contributed by atoms with Crippen LogP contribution in [0.5, 0.6) is 5.75 Å². The minimum Gasteiger partial charge on any atom is -0.508 e. The third-order valence-electron chi connectivity index (χ3n) is 2.90. The van der Waals surface area contributed by atoms with Crippen LogP contribution in [0.25, 0.3) is 0 Å². The summed E-state index contributed by atoms with van der Waals surface area (Å²) in [6.07, 6.45) is 0. The molecule has 4 N–H and O–H groups in total. The molecule has 0 aliphatic heterocycles. The smallest absolute Gasteiger partial charge is 0.323 e. The lowest BCUT2D eigenvalue weighted by molar-refractivity contribution is -0.114. The first-order valence-electron chi connectivity index (χ1n) is 6.69. The Balaban J connectivity index is 2.04. The summed E-state index contributed by atoms with van der Waals surface area (Å²) in [6.45, 7) is 3.20. The maximum atomic E-state index is 12.0. The van der Waals surface area contributed by atoms with E-state index in [1.807, 2.05) is 0 Å². The Kier molecular flexibility index (Phi) is 4.63. The Morgan fingerprint density at radius 3 is 2.27 bits per heavy atom. The van der Waals surface area contributed by atoms with E-state index in [0.717, 1.165) is 5.56 Å². The topological polar surface area (TPSA) is 90.5 Å². The predicted octanol–water partition coefficient (Wildman–Crippen LogP) is 3.30. The minimum atomic E-state index is -0.409. The first kappa shape index (κ1) is 15.4. The molecule has 6 nitrogen and oxygen atoms in total. The molecule has 2 aromatic rings. The molecule has 0 saturated carbocycles. The van der Waals surface area contributed by atoms with Crippen molar-refractivity contribution < 1.29 is 14.7 Å². The molecule has 0 aromatic heterocycles. The molecule has 0 fully saturated rings. The van der Waals surface area contributed by atoms with E-state index in [4.69, 9.17) is 0 Å². The van der Waals surface area contributed by atoms with Crippen LogP contribution in [0.2, 0.25) is 0 Å². The number of phenols is 1. The highest BCUT2D eigenvalue weighted by Gasteiger charge is 2.06. The molecule has 6 heteroatoms. The molecule has 0 bridgehead atoms. The van der Waals surface area contributed by atoms with E-state index < -0.39 is 6.03 Å². The molecule has 2 aromatic carbocycles. The quantitative estimate of drug-likeness (QED) is 0.655. The molecule has 0 atom stereocenters. The van der Waals surface area contributed by atoms with Crippen LogP contribution in [-0.2, 0) is 4.79 Å². The van der Waals surface area contributed by atoms with Gasteiger partial charge in [0.1, 0.15) is 5.75 Å². The number of hydrogen-bond acceptors (Lipinski definition) is 3. The molecule has 2 rings (SSSR count). The van der Waals surface area contributed by atoms with Crippen molar-refractivity contribution in [2.75, 3.05) is 16.0 Å². The van der Waals surface area contributed by atoms with Crippen LogP contribution in [0.15, 0.2) is 42.5 Å². The van der Waals surface area contributed by atoms with Gasteiger partial charge in [-0.25, -0.2) is 4.79 Å². The zero-order valence-electron chi connectivity index (χ0n) is 12.3. The average Bonchev–Trinajstić information content (AvgIpc) is 2.41. The van der Waals surface area contributed by atoms with Crippen molar-refractivity contribution in [1.29, 1.82) is 0 Å². The first-order valence-corrected chi connectivity index (χ1v) is 6.69. The molecular formula is C16H17N3O3. The number of anilines is 3. The highest BCUT2D eigenvalue weighted by Crippen LogP contribution is 2.21. The number of benzene rings is 2. The zero-order chi connectivity index (χ0) is 16.1. The van der Waals surface area contributed by atoms with Crippen LogP contribution in [0.4, 0.5) is 21.9 Å². The summed E-state index contributed by atoms with van der Waals surface area (Å²) < 4.78 is 0. The van der Waals surface area contributed by atoms with Gasteiger partial charge in [0, 0.05) is 24.0 Å². The summed E-state index contributed by atoms with van der Waals surface area (Å²) in [5, 5.41) is 17.4. The highest BCUT2D eigenvalue weighted by atomic mass is 16.3. The van der Waals surface area contributed by atoms with Gasteiger partial charge in [0.15, 0.2) is 0 Å². The van der Waals surface area contributed by atoms with Crippen molar-refractivity contribution in [3.63, 3.8) is 0 Å². The fraction of sp³-hybridized carbons (Fsp3) is 0.125. The molecule has 0 aliphatic rings. The third kappa shape index (κ3) is 4.24. The standard InChI is InChI=1S/C16H17N3O3/c1-10-8-14(21)6-7-15(10)19-16(22)18-13-5-3-4-12(9-13)17-11(2)20/h3-9,21H,1-2H3,(H,17,20)(H2,18,19,22). The SMILES string of the molecule is CC(=O)Nc1cccc(NC(=O)Nc2ccc(O)cc2C)c1. The Labute approximate surface area is 128 Å². The molecule has 0 spiro atoms. The summed E-state index contributed by atoms with van der Waals surface area (Å²) >= 11 is 0. The summed E-state index contributed by atoms with van der Waals surface area (Å²) in [4.78, 5) is 23.0. The Morgan fingerprint density at radius 1 is 0.955 bits per heavy atom. The molecule has 0 aliphatic carbocycles. The van der Waals surface area contributed by atoms with Gasteiger partial charge < -0.3 is 21.1 Å². The second-order valence-electron chi connectivity index (χ2n) is 4.84. The number of phenolic OH excluding ortho intramolecular Hbond substituents is 1. The van der Waals surface area contributed by atoms with E-state index >= 15 is 0 Å². The molecule has 0 heterocycles. The number of urea groups is 1. The zero-order valence-corrected chi connectivity index (χ0v) is 12.3. The van der Waals surface area contributed by atoms with Crippen molar-refractivity contribution >= 4 is 29.0 Å². The number of nitrogens with one attached hydrogen (secondary N) is 3. The van der Waals surface area contributed by atoms with E-state index in [2.05, 4.69) is 16.0 Å². The lowest BCUT2D eigenvalue weighted by atomic mass is 10.2. The number of amides is 3. The lowest BCUT2D eigenvalue weighted by Crippen LogP contribution is -2.20. The molecule has 22 heavy (non-hydrogen) atoms. The maximum absolute atomic E-state index is 12.0. The molecular weight excluding hydrogens is 282 g/mol. The van der Waals surface area contributed by atoms with Crippen LogP contribution >= 0.6 is 0 Å². The lowest BCUT2D eigenvalue weighted by Gasteiger charge is -2.11. The van der Waals surface area contributed by atoms with E-state index in [0.29, 0.717) is 17.1 Å². The number of carbonyl (C=O) groups excluding carboxylic acids is 2. The van der Waals surface area contributed by atoms with E-state index in [-0.39, 0.29) is 11.7 Å². The number of rotatable bonds is 3. The van der Waals surface area contributed by atoms with Crippen molar-refractivity contribution in [1.82, 2.24) is 0 Å². The Bertz CT molecular complexity index is 714. The van der Waals surface area contributed by atoms with Crippen LogP contribution < -0.4 is 16.0 Å². The van der Waals surface area contributed by atoms with Crippen molar-refractivity contribution in [3.05, 3.63) is 48.0 Å².